The molecule has 0 fully saturated rings. The van der Waals surface area contributed by atoms with E-state index in [1.807, 2.05) is 30.6 Å². The van der Waals surface area contributed by atoms with Crippen LogP contribution in [0.5, 0.6) is 0 Å². The zero-order chi connectivity index (χ0) is 19.1. The lowest BCUT2D eigenvalue weighted by atomic mass is 10.0. The number of hydrogen-bond donors (Lipinski definition) is 0. The third-order valence-corrected chi connectivity index (χ3v) is 4.59. The van der Waals surface area contributed by atoms with Crippen molar-refractivity contribution in [1.29, 1.82) is 0 Å². The van der Waals surface area contributed by atoms with Gasteiger partial charge in [-0.25, -0.2) is 4.98 Å². The van der Waals surface area contributed by atoms with Crippen LogP contribution < -0.4 is 10.1 Å². The van der Waals surface area contributed by atoms with E-state index in [-0.39, 0.29) is 6.42 Å². The number of carbonyl (C=O) groups is 1. The number of carbonyl (C=O) groups excluding carboxylic acids is 1. The zero-order valence-corrected chi connectivity index (χ0v) is 17.0. The van der Waals surface area contributed by atoms with E-state index in [0.29, 0.717) is 0 Å². The van der Waals surface area contributed by atoms with Crippen molar-refractivity contribution in [1.82, 2.24) is 0 Å². The molecule has 0 unspecified atom stereocenters. The molecular formula is C23H41NO2. The van der Waals surface area contributed by atoms with Crippen molar-refractivity contribution < 1.29 is 14.9 Å². The van der Waals surface area contributed by atoms with Crippen LogP contribution in [0, 0.1) is 0 Å². The molecule has 1 aromatic rings. The topological polar surface area (TPSA) is 54.3 Å². The van der Waals surface area contributed by atoms with Crippen LogP contribution in [0.3, 0.4) is 0 Å². The van der Waals surface area contributed by atoms with Gasteiger partial charge in [0.15, 0.2) is 12.4 Å². The van der Waals surface area contributed by atoms with Crippen molar-refractivity contribution in [2.75, 3.05) is 0 Å². The Hall–Kier alpha value is -1.38. The summed E-state index contributed by atoms with van der Waals surface area (Å²) in [7, 11) is 0. The van der Waals surface area contributed by atoms with Gasteiger partial charge in [-0.1, -0.05) is 103 Å². The first kappa shape index (κ1) is 24.6. The summed E-state index contributed by atoms with van der Waals surface area (Å²) in [5.41, 5.74) is 0. The molecule has 0 spiro atoms. The summed E-state index contributed by atoms with van der Waals surface area (Å²) >= 11 is 0. The van der Waals surface area contributed by atoms with Crippen LogP contribution >= 0.6 is 0 Å². The van der Waals surface area contributed by atoms with Crippen LogP contribution in [0.2, 0.25) is 0 Å². The normalized spacial score (nSPS) is 10.2. The van der Waals surface area contributed by atoms with Crippen molar-refractivity contribution in [2.45, 2.75) is 110 Å². The zero-order valence-electron chi connectivity index (χ0n) is 17.0. The van der Waals surface area contributed by atoms with Crippen LogP contribution in [0.1, 0.15) is 110 Å². The first-order valence-corrected chi connectivity index (χ1v) is 10.9. The van der Waals surface area contributed by atoms with Gasteiger partial charge in [-0.15, -0.1) is 0 Å². The standard InChI is InChI=1S/C18H36O2.C5H5N/c1-2-3-4-5-6-7-8-9-10-11-12-13-14-15-16-17-18(19)20;1-2-4-6-5-3-1/h2-17H2,1H3,(H,19,20);1-5H. The van der Waals surface area contributed by atoms with E-state index in [0.717, 1.165) is 12.8 Å². The van der Waals surface area contributed by atoms with Gasteiger partial charge in [-0.3, -0.25) is 0 Å². The quantitative estimate of drug-likeness (QED) is 0.364. The predicted molar refractivity (Wildman–Crippen MR) is 108 cm³/mol. The number of rotatable bonds is 16. The van der Waals surface area contributed by atoms with E-state index in [1.54, 1.807) is 0 Å². The molecule has 3 heteroatoms. The minimum Gasteiger partial charge on any atom is -0.550 e. The number of carboxylic acids is 1. The van der Waals surface area contributed by atoms with Crippen LogP contribution in [-0.2, 0) is 4.79 Å². The molecule has 0 aliphatic heterocycles. The Morgan fingerprint density at radius 3 is 1.31 bits per heavy atom. The Balaban J connectivity index is 0.000000867. The smallest absolute Gasteiger partial charge is 0.166 e. The highest BCUT2D eigenvalue weighted by Crippen LogP contribution is 2.13. The Bertz CT molecular complexity index is 354. The molecule has 0 radical (unpaired) electrons. The number of aromatic nitrogens is 1. The summed E-state index contributed by atoms with van der Waals surface area (Å²) in [6.07, 6.45) is 23.6. The number of hydrogen-bond acceptors (Lipinski definition) is 2. The summed E-state index contributed by atoms with van der Waals surface area (Å²) in [5.74, 6) is -0.903. The molecule has 150 valence electrons. The van der Waals surface area contributed by atoms with Gasteiger partial charge in [-0.05, 0) is 12.8 Å². The minimum atomic E-state index is -0.903. The van der Waals surface area contributed by atoms with E-state index >= 15 is 0 Å². The van der Waals surface area contributed by atoms with Crippen LogP contribution in [0.15, 0.2) is 30.6 Å². The summed E-state index contributed by atoms with van der Waals surface area (Å²) in [6.45, 7) is 2.27. The fourth-order valence-electron chi connectivity index (χ4n) is 2.98. The lowest BCUT2D eigenvalue weighted by Crippen LogP contribution is -2.21. The van der Waals surface area contributed by atoms with Gasteiger partial charge in [0.25, 0.3) is 0 Å². The third kappa shape index (κ3) is 22.6. The van der Waals surface area contributed by atoms with Gasteiger partial charge < -0.3 is 9.90 Å². The molecule has 26 heavy (non-hydrogen) atoms. The maximum Gasteiger partial charge on any atom is 0.166 e. The molecule has 0 saturated heterocycles. The molecule has 0 aliphatic rings. The van der Waals surface area contributed by atoms with E-state index in [2.05, 4.69) is 11.9 Å². The molecule has 3 nitrogen and oxygen atoms in total. The van der Waals surface area contributed by atoms with Gasteiger partial charge in [0, 0.05) is 18.1 Å². The van der Waals surface area contributed by atoms with Gasteiger partial charge >= 0.3 is 0 Å². The van der Waals surface area contributed by atoms with Gasteiger partial charge in [0.1, 0.15) is 0 Å². The molecule has 0 bridgehead atoms. The lowest BCUT2D eigenvalue weighted by molar-refractivity contribution is -0.378. The molecule has 0 aliphatic carbocycles. The van der Waals surface area contributed by atoms with E-state index < -0.39 is 5.97 Å². The number of H-pyrrole nitrogens is 1. The molecule has 0 atom stereocenters. The second kappa shape index (κ2) is 21.7. The van der Waals surface area contributed by atoms with E-state index in [9.17, 15) is 9.90 Å². The van der Waals surface area contributed by atoms with Crippen molar-refractivity contribution >= 4 is 5.97 Å². The highest BCUT2D eigenvalue weighted by Gasteiger charge is 1.94. The maximum absolute atomic E-state index is 10.2. The molecule has 1 rings (SSSR count). The van der Waals surface area contributed by atoms with Crippen molar-refractivity contribution in [3.8, 4) is 0 Å². The van der Waals surface area contributed by atoms with E-state index in [1.165, 1.54) is 83.5 Å². The average Bonchev–Trinajstić information content (AvgIpc) is 2.66. The number of aliphatic carboxylic acids is 1. The van der Waals surface area contributed by atoms with Crippen molar-refractivity contribution in [2.24, 2.45) is 0 Å². The van der Waals surface area contributed by atoms with Crippen LogP contribution in [-0.4, -0.2) is 5.97 Å². The largest absolute Gasteiger partial charge is 0.550 e. The molecule has 1 N–H and O–H groups in total. The molecule has 0 amide bonds. The molecule has 1 heterocycles. The summed E-state index contributed by atoms with van der Waals surface area (Å²) in [4.78, 5) is 13.1. The highest BCUT2D eigenvalue weighted by atomic mass is 16.4. The Morgan fingerprint density at radius 1 is 0.654 bits per heavy atom. The molecular weight excluding hydrogens is 322 g/mol. The number of nitrogens with one attached hydrogen (secondary N) is 1. The summed E-state index contributed by atoms with van der Waals surface area (Å²) in [6, 6.07) is 5.86. The number of pyridine rings is 1. The second-order valence-corrected chi connectivity index (χ2v) is 7.15. The van der Waals surface area contributed by atoms with Crippen molar-refractivity contribution in [3.05, 3.63) is 30.6 Å². The van der Waals surface area contributed by atoms with Crippen LogP contribution in [0.25, 0.3) is 0 Å². The van der Waals surface area contributed by atoms with Gasteiger partial charge in [0.05, 0.1) is 0 Å². The third-order valence-electron chi connectivity index (χ3n) is 4.59. The van der Waals surface area contributed by atoms with Crippen molar-refractivity contribution in [3.63, 3.8) is 0 Å². The summed E-state index contributed by atoms with van der Waals surface area (Å²) < 4.78 is 0. The SMILES string of the molecule is CCCCCCCCCCCCCCCCCC(=O)[O-].c1cc[nH+]cc1. The Morgan fingerprint density at radius 2 is 1.04 bits per heavy atom. The van der Waals surface area contributed by atoms with E-state index in [4.69, 9.17) is 0 Å². The average molecular weight is 364 g/mol. The highest BCUT2D eigenvalue weighted by molar-refractivity contribution is 5.63. The molecule has 1 aromatic heterocycles. The molecule has 0 aromatic carbocycles. The monoisotopic (exact) mass is 363 g/mol. The predicted octanol–water partition coefficient (Wildman–Crippen LogP) is 5.50. The maximum atomic E-state index is 10.2. The summed E-state index contributed by atoms with van der Waals surface area (Å²) in [5, 5.41) is 10.2. The van der Waals surface area contributed by atoms with Crippen LogP contribution in [0.4, 0.5) is 0 Å². The minimum absolute atomic E-state index is 0.234. The number of aromatic amines is 1. The Labute approximate surface area is 161 Å². The fourth-order valence-corrected chi connectivity index (χ4v) is 2.98. The van der Waals surface area contributed by atoms with Gasteiger partial charge in [-0.2, -0.15) is 0 Å². The molecule has 0 saturated carbocycles. The van der Waals surface area contributed by atoms with Gasteiger partial charge in [0.2, 0.25) is 0 Å². The Kier molecular flexibility index (Phi) is 20.5. The first-order chi connectivity index (χ1) is 12.8. The number of carboxylic acid groups (broad SMARTS) is 1. The first-order valence-electron chi connectivity index (χ1n) is 10.9. The number of unbranched alkanes of at least 4 members (excludes halogenated alkanes) is 14. The fraction of sp³-hybridized carbons (Fsp3) is 0.739. The lowest BCUT2D eigenvalue weighted by Gasteiger charge is -2.04. The second-order valence-electron chi connectivity index (χ2n) is 7.15.